The van der Waals surface area contributed by atoms with Gasteiger partial charge < -0.3 is 4.74 Å². The molecule has 3 aromatic rings. The fraction of sp³-hybridized carbons (Fsp3) is 0.0526. The highest BCUT2D eigenvalue weighted by Crippen LogP contribution is 2.30. The van der Waals surface area contributed by atoms with Crippen molar-refractivity contribution in [1.82, 2.24) is 9.97 Å². The molecular formula is C19H13BrFN5O2. The molecule has 0 aliphatic carbocycles. The van der Waals surface area contributed by atoms with Crippen molar-refractivity contribution in [2.24, 2.45) is 5.10 Å². The lowest BCUT2D eigenvalue weighted by atomic mass is 10.1. The van der Waals surface area contributed by atoms with Crippen LogP contribution in [0.2, 0.25) is 0 Å². The SMILES string of the molecule is COc1c(C=NNc2nc(-c3ccccc3)c(C#N)c(=O)[nH]2)ccc(F)c1Br. The number of benzene rings is 2. The van der Waals surface area contributed by atoms with Gasteiger partial charge in [-0.05, 0) is 28.1 Å². The summed E-state index contributed by atoms with van der Waals surface area (Å²) in [7, 11) is 1.41. The van der Waals surface area contributed by atoms with Crippen molar-refractivity contribution in [3.05, 3.63) is 74.2 Å². The maximum atomic E-state index is 13.6. The molecule has 0 saturated carbocycles. The van der Waals surface area contributed by atoms with E-state index in [0.717, 1.165) is 0 Å². The van der Waals surface area contributed by atoms with Gasteiger partial charge in [-0.15, -0.1) is 0 Å². The highest BCUT2D eigenvalue weighted by molar-refractivity contribution is 9.10. The molecule has 0 unspecified atom stereocenters. The van der Waals surface area contributed by atoms with Gasteiger partial charge in [0.1, 0.15) is 23.2 Å². The normalized spacial score (nSPS) is 10.6. The number of anilines is 1. The Morgan fingerprint density at radius 1 is 1.32 bits per heavy atom. The summed E-state index contributed by atoms with van der Waals surface area (Å²) >= 11 is 3.12. The van der Waals surface area contributed by atoms with Gasteiger partial charge in [-0.1, -0.05) is 30.3 Å². The fourth-order valence-corrected chi connectivity index (χ4v) is 2.98. The first-order valence-corrected chi connectivity index (χ1v) is 8.75. The van der Waals surface area contributed by atoms with Crippen molar-refractivity contribution in [2.45, 2.75) is 0 Å². The molecule has 28 heavy (non-hydrogen) atoms. The van der Waals surface area contributed by atoms with Gasteiger partial charge in [0.25, 0.3) is 5.56 Å². The molecule has 0 saturated heterocycles. The predicted octanol–water partition coefficient (Wildman–Crippen LogP) is 3.66. The van der Waals surface area contributed by atoms with Gasteiger partial charge >= 0.3 is 0 Å². The molecule has 2 N–H and O–H groups in total. The van der Waals surface area contributed by atoms with Crippen LogP contribution in [0, 0.1) is 17.1 Å². The Hall–Kier alpha value is -3.51. The minimum atomic E-state index is -0.587. The number of nitrogens with zero attached hydrogens (tertiary/aromatic N) is 3. The van der Waals surface area contributed by atoms with Crippen molar-refractivity contribution >= 4 is 28.1 Å². The number of rotatable bonds is 5. The first-order chi connectivity index (χ1) is 13.5. The number of nitriles is 1. The molecule has 0 atom stereocenters. The highest BCUT2D eigenvalue weighted by Gasteiger charge is 2.13. The molecule has 2 aromatic carbocycles. The summed E-state index contributed by atoms with van der Waals surface area (Å²) < 4.78 is 18.9. The van der Waals surface area contributed by atoms with E-state index in [0.29, 0.717) is 11.1 Å². The molecule has 9 heteroatoms. The van der Waals surface area contributed by atoms with Crippen LogP contribution in [0.1, 0.15) is 11.1 Å². The summed E-state index contributed by atoms with van der Waals surface area (Å²) in [5.74, 6) is -0.136. The third-order valence-corrected chi connectivity index (χ3v) is 4.48. The van der Waals surface area contributed by atoms with Crippen LogP contribution in [0.25, 0.3) is 11.3 Å². The van der Waals surface area contributed by atoms with E-state index < -0.39 is 11.4 Å². The Morgan fingerprint density at radius 2 is 2.07 bits per heavy atom. The van der Waals surface area contributed by atoms with Crippen LogP contribution < -0.4 is 15.7 Å². The number of hydrogen-bond donors (Lipinski definition) is 2. The zero-order chi connectivity index (χ0) is 20.1. The van der Waals surface area contributed by atoms with E-state index in [1.54, 1.807) is 24.3 Å². The van der Waals surface area contributed by atoms with Crippen molar-refractivity contribution in [2.75, 3.05) is 12.5 Å². The first kappa shape index (κ1) is 19.3. The largest absolute Gasteiger partial charge is 0.495 e. The van der Waals surface area contributed by atoms with Gasteiger partial charge in [-0.2, -0.15) is 10.4 Å². The molecular weight excluding hydrogens is 429 g/mol. The minimum Gasteiger partial charge on any atom is -0.495 e. The van der Waals surface area contributed by atoms with Gasteiger partial charge in [0, 0.05) is 11.1 Å². The molecule has 3 rings (SSSR count). The van der Waals surface area contributed by atoms with E-state index >= 15 is 0 Å². The van der Waals surface area contributed by atoms with Crippen LogP contribution in [0.4, 0.5) is 10.3 Å². The zero-order valence-corrected chi connectivity index (χ0v) is 16.1. The second kappa shape index (κ2) is 8.45. The van der Waals surface area contributed by atoms with Gasteiger partial charge in [-0.3, -0.25) is 9.78 Å². The lowest BCUT2D eigenvalue weighted by Gasteiger charge is -2.08. The van der Waals surface area contributed by atoms with Crippen molar-refractivity contribution in [3.8, 4) is 23.1 Å². The number of methoxy groups -OCH3 is 1. The fourth-order valence-electron chi connectivity index (χ4n) is 2.45. The Labute approximate surface area is 167 Å². The molecule has 0 aliphatic heterocycles. The molecule has 0 spiro atoms. The van der Waals surface area contributed by atoms with Crippen molar-refractivity contribution in [1.29, 1.82) is 5.26 Å². The lowest BCUT2D eigenvalue weighted by Crippen LogP contribution is -2.16. The number of halogens is 2. The van der Waals surface area contributed by atoms with Crippen LogP contribution in [-0.2, 0) is 0 Å². The third kappa shape index (κ3) is 3.92. The number of nitrogens with one attached hydrogen (secondary N) is 2. The molecule has 0 radical (unpaired) electrons. The summed E-state index contributed by atoms with van der Waals surface area (Å²) in [6, 6.07) is 13.5. The number of aromatic nitrogens is 2. The number of ether oxygens (including phenoxy) is 1. The first-order valence-electron chi connectivity index (χ1n) is 7.96. The van der Waals surface area contributed by atoms with E-state index in [-0.39, 0.29) is 27.4 Å². The maximum Gasteiger partial charge on any atom is 0.270 e. The Morgan fingerprint density at radius 3 is 2.75 bits per heavy atom. The molecule has 1 heterocycles. The molecule has 1 aromatic heterocycles. The summed E-state index contributed by atoms with van der Waals surface area (Å²) in [6.45, 7) is 0. The van der Waals surface area contributed by atoms with Crippen LogP contribution in [-0.4, -0.2) is 23.3 Å². The maximum absolute atomic E-state index is 13.6. The Balaban J connectivity index is 1.93. The van der Waals surface area contributed by atoms with Crippen molar-refractivity contribution < 1.29 is 9.13 Å². The van der Waals surface area contributed by atoms with E-state index in [1.165, 1.54) is 25.5 Å². The summed E-state index contributed by atoms with van der Waals surface area (Å²) in [5.41, 5.74) is 3.30. The summed E-state index contributed by atoms with van der Waals surface area (Å²) in [4.78, 5) is 18.9. The average Bonchev–Trinajstić information content (AvgIpc) is 2.71. The van der Waals surface area contributed by atoms with E-state index in [1.807, 2.05) is 12.1 Å². The Kier molecular flexibility index (Phi) is 5.81. The standard InChI is InChI=1S/C19H13BrFN5O2/c1-28-17-12(7-8-14(21)15(17)20)10-23-26-19-24-16(11-5-3-2-4-6-11)13(9-22)18(27)25-19/h2-8,10H,1H3,(H2,24,25,26,27). The summed E-state index contributed by atoms with van der Waals surface area (Å²) in [6.07, 6.45) is 1.39. The molecule has 7 nitrogen and oxygen atoms in total. The molecule has 0 bridgehead atoms. The van der Waals surface area contributed by atoms with E-state index in [9.17, 15) is 14.4 Å². The average molecular weight is 442 g/mol. The van der Waals surface area contributed by atoms with Crippen LogP contribution in [0.5, 0.6) is 5.75 Å². The lowest BCUT2D eigenvalue weighted by molar-refractivity contribution is 0.407. The molecule has 0 amide bonds. The van der Waals surface area contributed by atoms with Gasteiger partial charge in [0.2, 0.25) is 5.95 Å². The van der Waals surface area contributed by atoms with Gasteiger partial charge in [0.15, 0.2) is 0 Å². The van der Waals surface area contributed by atoms with Gasteiger partial charge in [-0.25, -0.2) is 14.8 Å². The van der Waals surface area contributed by atoms with Gasteiger partial charge in [0.05, 0.1) is 23.5 Å². The van der Waals surface area contributed by atoms with Crippen molar-refractivity contribution in [3.63, 3.8) is 0 Å². The van der Waals surface area contributed by atoms with E-state index in [4.69, 9.17) is 4.74 Å². The predicted molar refractivity (Wildman–Crippen MR) is 107 cm³/mol. The van der Waals surface area contributed by atoms with E-state index in [2.05, 4.69) is 36.4 Å². The third-order valence-electron chi connectivity index (χ3n) is 3.74. The second-order valence-electron chi connectivity index (χ2n) is 5.47. The van der Waals surface area contributed by atoms with Crippen LogP contribution >= 0.6 is 15.9 Å². The highest BCUT2D eigenvalue weighted by atomic mass is 79.9. The smallest absolute Gasteiger partial charge is 0.270 e. The summed E-state index contributed by atoms with van der Waals surface area (Å²) in [5, 5.41) is 13.3. The quantitative estimate of drug-likeness (QED) is 0.464. The monoisotopic (exact) mass is 441 g/mol. The zero-order valence-electron chi connectivity index (χ0n) is 14.5. The second-order valence-corrected chi connectivity index (χ2v) is 6.26. The minimum absolute atomic E-state index is 0.0549. The Bertz CT molecular complexity index is 1140. The molecule has 140 valence electrons. The number of hydrazone groups is 1. The number of aromatic amines is 1. The molecule has 0 aliphatic rings. The van der Waals surface area contributed by atoms with Crippen LogP contribution in [0.3, 0.4) is 0 Å². The van der Waals surface area contributed by atoms with Crippen LogP contribution in [0.15, 0.2) is 56.8 Å². The topological polar surface area (TPSA) is 103 Å². The number of hydrogen-bond acceptors (Lipinski definition) is 6. The molecule has 0 fully saturated rings. The number of H-pyrrole nitrogens is 1.